The van der Waals surface area contributed by atoms with Crippen LogP contribution in [-0.4, -0.2) is 29.1 Å². The van der Waals surface area contributed by atoms with Gasteiger partial charge in [0, 0.05) is 5.56 Å². The van der Waals surface area contributed by atoms with Gasteiger partial charge in [0.05, 0.1) is 24.6 Å². The fourth-order valence-corrected chi connectivity index (χ4v) is 3.43. The third-order valence-electron chi connectivity index (χ3n) is 4.69. The predicted octanol–water partition coefficient (Wildman–Crippen LogP) is 4.66. The molecule has 2 N–H and O–H groups in total. The minimum Gasteiger partial charge on any atom is -0.494 e. The van der Waals surface area contributed by atoms with E-state index in [0.29, 0.717) is 22.0 Å². The van der Waals surface area contributed by atoms with E-state index >= 15 is 0 Å². The maximum atomic E-state index is 12.9. The van der Waals surface area contributed by atoms with Gasteiger partial charge in [-0.15, -0.1) is 0 Å². The number of amides is 1. The number of benzene rings is 2. The standard InChI is InChI=1S/C23H21ClN2O4/c1-14-7-3-4-8-15(14)19(13-21(27)28)26-23(29)18-11-12-20(30-2)22(25-18)16-9-5-6-10-17(16)24/h3-12,19H,13H2,1-2H3,(H,26,29)(H,27,28). The Labute approximate surface area is 179 Å². The topological polar surface area (TPSA) is 88.5 Å². The number of methoxy groups -OCH3 is 1. The molecule has 2 aromatic carbocycles. The molecule has 0 saturated carbocycles. The highest BCUT2D eigenvalue weighted by Gasteiger charge is 2.22. The number of pyridine rings is 1. The molecule has 0 spiro atoms. The first-order chi connectivity index (χ1) is 14.4. The van der Waals surface area contributed by atoms with Crippen LogP contribution in [0.15, 0.2) is 60.7 Å². The number of ether oxygens (including phenoxy) is 1. The molecule has 1 heterocycles. The summed E-state index contributed by atoms with van der Waals surface area (Å²) >= 11 is 6.30. The molecule has 1 amide bonds. The largest absolute Gasteiger partial charge is 0.494 e. The molecule has 3 rings (SSSR count). The number of rotatable bonds is 7. The Hall–Kier alpha value is -3.38. The lowest BCUT2D eigenvalue weighted by Crippen LogP contribution is -2.31. The Bertz CT molecular complexity index is 1080. The Balaban J connectivity index is 1.96. The Kier molecular flexibility index (Phi) is 6.69. The zero-order chi connectivity index (χ0) is 21.7. The second-order valence-electron chi connectivity index (χ2n) is 6.71. The van der Waals surface area contributed by atoms with Crippen molar-refractivity contribution in [3.63, 3.8) is 0 Å². The van der Waals surface area contributed by atoms with Crippen molar-refractivity contribution in [2.45, 2.75) is 19.4 Å². The van der Waals surface area contributed by atoms with Crippen molar-refractivity contribution in [3.05, 3.63) is 82.5 Å². The first kappa shape index (κ1) is 21.3. The molecule has 3 aromatic rings. The van der Waals surface area contributed by atoms with Gasteiger partial charge in [0.1, 0.15) is 17.1 Å². The lowest BCUT2D eigenvalue weighted by atomic mass is 9.98. The van der Waals surface area contributed by atoms with E-state index in [2.05, 4.69) is 10.3 Å². The smallest absolute Gasteiger partial charge is 0.305 e. The van der Waals surface area contributed by atoms with Crippen molar-refractivity contribution in [2.24, 2.45) is 0 Å². The Morgan fingerprint density at radius 1 is 1.10 bits per heavy atom. The summed E-state index contributed by atoms with van der Waals surface area (Å²) in [5.41, 5.74) is 2.83. The number of carbonyl (C=O) groups is 2. The highest BCUT2D eigenvalue weighted by Crippen LogP contribution is 2.33. The maximum Gasteiger partial charge on any atom is 0.305 e. The van der Waals surface area contributed by atoms with Gasteiger partial charge in [-0.3, -0.25) is 9.59 Å². The number of aliphatic carboxylic acids is 1. The number of aromatic nitrogens is 1. The molecule has 1 unspecified atom stereocenters. The van der Waals surface area contributed by atoms with Crippen LogP contribution in [0.4, 0.5) is 0 Å². The lowest BCUT2D eigenvalue weighted by molar-refractivity contribution is -0.137. The summed E-state index contributed by atoms with van der Waals surface area (Å²) in [7, 11) is 1.51. The van der Waals surface area contributed by atoms with Gasteiger partial charge >= 0.3 is 5.97 Å². The molecule has 0 aliphatic rings. The zero-order valence-corrected chi connectivity index (χ0v) is 17.3. The molecular weight excluding hydrogens is 404 g/mol. The van der Waals surface area contributed by atoms with Crippen molar-refractivity contribution in [2.75, 3.05) is 7.11 Å². The molecule has 0 aliphatic heterocycles. The summed E-state index contributed by atoms with van der Waals surface area (Å²) in [6, 6.07) is 17.0. The summed E-state index contributed by atoms with van der Waals surface area (Å²) in [6.45, 7) is 1.87. The zero-order valence-electron chi connectivity index (χ0n) is 16.6. The van der Waals surface area contributed by atoms with Gasteiger partial charge in [-0.05, 0) is 36.2 Å². The van der Waals surface area contributed by atoms with Gasteiger partial charge in [0.2, 0.25) is 0 Å². The number of carboxylic acid groups (broad SMARTS) is 1. The number of nitrogens with zero attached hydrogens (tertiary/aromatic N) is 1. The number of nitrogens with one attached hydrogen (secondary N) is 1. The monoisotopic (exact) mass is 424 g/mol. The Morgan fingerprint density at radius 2 is 1.80 bits per heavy atom. The molecule has 0 bridgehead atoms. The normalized spacial score (nSPS) is 11.6. The number of aryl methyl sites for hydroxylation is 1. The molecule has 154 valence electrons. The van der Waals surface area contributed by atoms with Gasteiger partial charge < -0.3 is 15.2 Å². The number of carbonyl (C=O) groups excluding carboxylic acids is 1. The van der Waals surface area contributed by atoms with E-state index in [1.54, 1.807) is 30.3 Å². The fraction of sp³-hybridized carbons (Fsp3) is 0.174. The van der Waals surface area contributed by atoms with E-state index in [4.69, 9.17) is 16.3 Å². The van der Waals surface area contributed by atoms with Crippen LogP contribution in [0.1, 0.15) is 34.1 Å². The first-order valence-electron chi connectivity index (χ1n) is 9.28. The van der Waals surface area contributed by atoms with Gasteiger partial charge in [-0.2, -0.15) is 0 Å². The number of carboxylic acids is 1. The van der Waals surface area contributed by atoms with Crippen molar-refractivity contribution in [1.82, 2.24) is 10.3 Å². The summed E-state index contributed by atoms with van der Waals surface area (Å²) in [6.07, 6.45) is -0.246. The summed E-state index contributed by atoms with van der Waals surface area (Å²) < 4.78 is 5.38. The number of halogens is 1. The van der Waals surface area contributed by atoms with E-state index in [1.165, 1.54) is 13.2 Å². The Morgan fingerprint density at radius 3 is 2.47 bits per heavy atom. The van der Waals surface area contributed by atoms with Gasteiger partial charge in [-0.1, -0.05) is 54.1 Å². The van der Waals surface area contributed by atoms with Crippen LogP contribution in [0.3, 0.4) is 0 Å². The van der Waals surface area contributed by atoms with E-state index in [9.17, 15) is 14.7 Å². The highest BCUT2D eigenvalue weighted by atomic mass is 35.5. The fourth-order valence-electron chi connectivity index (χ4n) is 3.21. The van der Waals surface area contributed by atoms with Crippen LogP contribution < -0.4 is 10.1 Å². The second kappa shape index (κ2) is 9.41. The average molecular weight is 425 g/mol. The maximum absolute atomic E-state index is 12.9. The van der Waals surface area contributed by atoms with Crippen LogP contribution >= 0.6 is 11.6 Å². The van der Waals surface area contributed by atoms with Gasteiger partial charge in [-0.25, -0.2) is 4.98 Å². The highest BCUT2D eigenvalue weighted by molar-refractivity contribution is 6.33. The summed E-state index contributed by atoms with van der Waals surface area (Å²) in [4.78, 5) is 28.8. The average Bonchev–Trinajstić information content (AvgIpc) is 2.73. The molecule has 1 aromatic heterocycles. The first-order valence-corrected chi connectivity index (χ1v) is 9.66. The molecule has 6 nitrogen and oxygen atoms in total. The van der Waals surface area contributed by atoms with Gasteiger partial charge in [0.15, 0.2) is 0 Å². The minimum absolute atomic E-state index is 0.134. The summed E-state index contributed by atoms with van der Waals surface area (Å²) in [5, 5.41) is 12.6. The SMILES string of the molecule is COc1ccc(C(=O)NC(CC(=O)O)c2ccccc2C)nc1-c1ccccc1Cl. The summed E-state index contributed by atoms with van der Waals surface area (Å²) in [5.74, 6) is -1.02. The predicted molar refractivity (Wildman–Crippen MR) is 115 cm³/mol. The third kappa shape index (κ3) is 4.78. The third-order valence-corrected chi connectivity index (χ3v) is 5.02. The molecule has 0 saturated heterocycles. The van der Waals surface area contributed by atoms with Crippen LogP contribution in [0.25, 0.3) is 11.3 Å². The van der Waals surface area contributed by atoms with Gasteiger partial charge in [0.25, 0.3) is 5.91 Å². The molecular formula is C23H21ClN2O4. The van der Waals surface area contributed by atoms with Crippen molar-refractivity contribution >= 4 is 23.5 Å². The van der Waals surface area contributed by atoms with Crippen LogP contribution in [0.5, 0.6) is 5.75 Å². The van der Waals surface area contributed by atoms with Crippen LogP contribution in [0.2, 0.25) is 5.02 Å². The molecule has 1 atom stereocenters. The molecule has 30 heavy (non-hydrogen) atoms. The number of hydrogen-bond donors (Lipinski definition) is 2. The molecule has 0 aliphatic carbocycles. The lowest BCUT2D eigenvalue weighted by Gasteiger charge is -2.19. The second-order valence-corrected chi connectivity index (χ2v) is 7.11. The van der Waals surface area contributed by atoms with Crippen molar-refractivity contribution in [1.29, 1.82) is 0 Å². The van der Waals surface area contributed by atoms with Crippen LogP contribution in [-0.2, 0) is 4.79 Å². The van der Waals surface area contributed by atoms with Crippen LogP contribution in [0, 0.1) is 6.92 Å². The van der Waals surface area contributed by atoms with Crippen molar-refractivity contribution < 1.29 is 19.4 Å². The molecule has 0 radical (unpaired) electrons. The number of hydrogen-bond acceptors (Lipinski definition) is 4. The molecule has 0 fully saturated rings. The van der Waals surface area contributed by atoms with E-state index < -0.39 is 17.9 Å². The van der Waals surface area contributed by atoms with Crippen molar-refractivity contribution in [3.8, 4) is 17.0 Å². The van der Waals surface area contributed by atoms with E-state index in [-0.39, 0.29) is 12.1 Å². The van der Waals surface area contributed by atoms with E-state index in [1.807, 2.05) is 31.2 Å². The minimum atomic E-state index is -1.01. The quantitative estimate of drug-likeness (QED) is 0.575. The van der Waals surface area contributed by atoms with E-state index in [0.717, 1.165) is 11.1 Å². The molecule has 7 heteroatoms.